The third kappa shape index (κ3) is 3.84. The van der Waals surface area contributed by atoms with Crippen LogP contribution < -0.4 is 16.6 Å². The zero-order valence-electron chi connectivity index (χ0n) is 17.1. The van der Waals surface area contributed by atoms with E-state index in [4.69, 9.17) is 5.73 Å². The van der Waals surface area contributed by atoms with Crippen molar-refractivity contribution in [3.8, 4) is 0 Å². The normalized spacial score (nSPS) is 13.2. The maximum absolute atomic E-state index is 12.7. The second-order valence-corrected chi connectivity index (χ2v) is 7.92. The van der Waals surface area contributed by atoms with Gasteiger partial charge in [-0.2, -0.15) is 0 Å². The molecule has 0 bridgehead atoms. The molecule has 4 rings (SSSR count). The Balaban J connectivity index is 1.65. The molecule has 8 nitrogen and oxygen atoms in total. The molecule has 31 heavy (non-hydrogen) atoms. The number of pyridine rings is 1. The Morgan fingerprint density at radius 1 is 1.16 bits per heavy atom. The molecule has 1 heterocycles. The van der Waals surface area contributed by atoms with Gasteiger partial charge in [-0.25, -0.2) is 0 Å². The van der Waals surface area contributed by atoms with Crippen LogP contribution in [-0.4, -0.2) is 22.9 Å². The number of nitrogens with two attached hydrogens (primary N) is 1. The molecule has 0 fully saturated rings. The number of nitroso groups, excluding NO2 is 1. The number of carbonyl (C=O) groups is 2. The zero-order chi connectivity index (χ0) is 22.1. The molecule has 1 aromatic heterocycles. The van der Waals surface area contributed by atoms with Crippen LogP contribution in [0.4, 0.5) is 5.69 Å². The first kappa shape index (κ1) is 20.5. The first-order valence-corrected chi connectivity index (χ1v) is 10.0. The maximum Gasteiger partial charge on any atom is 0.305 e. The minimum absolute atomic E-state index is 0.0543. The van der Waals surface area contributed by atoms with E-state index in [1.54, 1.807) is 7.05 Å². The van der Waals surface area contributed by atoms with E-state index in [1.807, 2.05) is 18.2 Å². The van der Waals surface area contributed by atoms with Gasteiger partial charge in [0.1, 0.15) is 12.1 Å². The highest BCUT2D eigenvalue weighted by atomic mass is 16.3. The number of carbonyl (C=O) groups excluding carboxylic acids is 2. The fraction of sp³-hybridized carbons (Fsp3) is 0.261. The summed E-state index contributed by atoms with van der Waals surface area (Å²) in [5.41, 5.74) is 9.91. The molecule has 0 saturated carbocycles. The summed E-state index contributed by atoms with van der Waals surface area (Å²) in [5.74, 6) is -1.37. The van der Waals surface area contributed by atoms with E-state index in [2.05, 4.69) is 34.8 Å². The standard InChI is InChI=1S/C23H22N4O4/c1-27-18-7-6-13(8-14-9-15-4-2-3-5-16(15)10-14)11-17(18)21(24)20(23(27)30)22(29)25-12-19(28)26-31/h2-7,11,14H,8-10,12,24H2,1H3,(H,25,29). The molecule has 0 saturated heterocycles. The van der Waals surface area contributed by atoms with Gasteiger partial charge >= 0.3 is 5.91 Å². The Hall–Kier alpha value is -3.81. The van der Waals surface area contributed by atoms with Gasteiger partial charge in [0.05, 0.1) is 11.2 Å². The molecular formula is C23H22N4O4. The topological polar surface area (TPSA) is 124 Å². The van der Waals surface area contributed by atoms with Crippen LogP contribution in [-0.2, 0) is 31.1 Å². The number of nitrogen functional groups attached to an aromatic ring is 1. The summed E-state index contributed by atoms with van der Waals surface area (Å²) in [6.07, 6.45) is 2.89. The van der Waals surface area contributed by atoms with Gasteiger partial charge in [0.2, 0.25) is 0 Å². The van der Waals surface area contributed by atoms with Gasteiger partial charge < -0.3 is 15.6 Å². The van der Waals surface area contributed by atoms with Crippen molar-refractivity contribution in [3.63, 3.8) is 0 Å². The Bertz CT molecular complexity index is 1250. The largest absolute Gasteiger partial charge is 0.397 e. The molecule has 158 valence electrons. The summed E-state index contributed by atoms with van der Waals surface area (Å²) >= 11 is 0. The lowest BCUT2D eigenvalue weighted by Gasteiger charge is -2.15. The third-order valence-electron chi connectivity index (χ3n) is 5.89. The van der Waals surface area contributed by atoms with Gasteiger partial charge in [-0.05, 0) is 54.0 Å². The molecule has 2 amide bonds. The molecule has 1 aliphatic carbocycles. The molecular weight excluding hydrogens is 396 g/mol. The highest BCUT2D eigenvalue weighted by molar-refractivity contribution is 6.07. The van der Waals surface area contributed by atoms with Crippen molar-refractivity contribution in [2.45, 2.75) is 19.3 Å². The number of fused-ring (bicyclic) bond motifs is 2. The number of anilines is 1. The first-order chi connectivity index (χ1) is 14.9. The number of benzene rings is 2. The average Bonchev–Trinajstić information content (AvgIpc) is 3.18. The van der Waals surface area contributed by atoms with Crippen molar-refractivity contribution in [3.05, 3.63) is 80.0 Å². The molecule has 0 atom stereocenters. The van der Waals surface area contributed by atoms with E-state index in [0.29, 0.717) is 16.8 Å². The summed E-state index contributed by atoms with van der Waals surface area (Å²) in [5, 5.41) is 5.05. The van der Waals surface area contributed by atoms with E-state index in [9.17, 15) is 19.3 Å². The third-order valence-corrected chi connectivity index (χ3v) is 5.89. The Morgan fingerprint density at radius 2 is 1.84 bits per heavy atom. The molecule has 1 aliphatic rings. The Morgan fingerprint density at radius 3 is 2.48 bits per heavy atom. The molecule has 0 spiro atoms. The van der Waals surface area contributed by atoms with Crippen LogP contribution in [0.15, 0.2) is 52.4 Å². The fourth-order valence-corrected chi connectivity index (χ4v) is 4.37. The van der Waals surface area contributed by atoms with Gasteiger partial charge in [0, 0.05) is 17.6 Å². The minimum atomic E-state index is -1.04. The Labute approximate surface area is 178 Å². The molecule has 0 radical (unpaired) electrons. The molecule has 8 heteroatoms. The Kier molecular flexibility index (Phi) is 5.37. The van der Waals surface area contributed by atoms with Gasteiger partial charge in [-0.3, -0.25) is 14.4 Å². The van der Waals surface area contributed by atoms with Crippen molar-refractivity contribution in [2.75, 3.05) is 12.3 Å². The van der Waals surface area contributed by atoms with Crippen molar-refractivity contribution < 1.29 is 9.59 Å². The van der Waals surface area contributed by atoms with E-state index >= 15 is 0 Å². The van der Waals surface area contributed by atoms with Crippen molar-refractivity contribution in [1.29, 1.82) is 0 Å². The summed E-state index contributed by atoms with van der Waals surface area (Å²) in [7, 11) is 1.56. The highest BCUT2D eigenvalue weighted by Crippen LogP contribution is 2.30. The van der Waals surface area contributed by atoms with E-state index in [-0.39, 0.29) is 11.3 Å². The number of hydrogen-bond acceptors (Lipinski definition) is 5. The van der Waals surface area contributed by atoms with Gasteiger partial charge in [-0.15, -0.1) is 4.91 Å². The summed E-state index contributed by atoms with van der Waals surface area (Å²) < 4.78 is 1.36. The van der Waals surface area contributed by atoms with Crippen LogP contribution in [0.2, 0.25) is 0 Å². The first-order valence-electron chi connectivity index (χ1n) is 10.0. The zero-order valence-corrected chi connectivity index (χ0v) is 17.1. The molecule has 0 unspecified atom stereocenters. The summed E-state index contributed by atoms with van der Waals surface area (Å²) in [4.78, 5) is 46.5. The summed E-state index contributed by atoms with van der Waals surface area (Å²) in [6.45, 7) is -0.592. The molecule has 0 aliphatic heterocycles. The lowest BCUT2D eigenvalue weighted by atomic mass is 9.95. The minimum Gasteiger partial charge on any atom is -0.397 e. The van der Waals surface area contributed by atoms with Crippen molar-refractivity contribution >= 4 is 28.4 Å². The van der Waals surface area contributed by atoms with E-state index in [1.165, 1.54) is 15.7 Å². The number of rotatable bonds is 5. The number of hydrogen-bond donors (Lipinski definition) is 2. The number of aromatic nitrogens is 1. The second kappa shape index (κ2) is 8.14. The van der Waals surface area contributed by atoms with E-state index < -0.39 is 23.9 Å². The smallest absolute Gasteiger partial charge is 0.305 e. The predicted molar refractivity (Wildman–Crippen MR) is 118 cm³/mol. The predicted octanol–water partition coefficient (Wildman–Crippen LogP) is 2.10. The molecule has 2 aromatic carbocycles. The lowest BCUT2D eigenvalue weighted by molar-refractivity contribution is -0.117. The number of amides is 2. The van der Waals surface area contributed by atoms with Crippen LogP contribution in [0.5, 0.6) is 0 Å². The number of aryl methyl sites for hydroxylation is 1. The number of nitrogens with zero attached hydrogens (tertiary/aromatic N) is 2. The average molecular weight is 418 g/mol. The fourth-order valence-electron chi connectivity index (χ4n) is 4.37. The van der Waals surface area contributed by atoms with Crippen molar-refractivity contribution in [2.24, 2.45) is 18.1 Å². The van der Waals surface area contributed by atoms with Crippen LogP contribution in [0.1, 0.15) is 27.0 Å². The van der Waals surface area contributed by atoms with E-state index in [0.717, 1.165) is 24.8 Å². The molecule has 3 aromatic rings. The highest BCUT2D eigenvalue weighted by Gasteiger charge is 2.23. The van der Waals surface area contributed by atoms with Crippen LogP contribution in [0.25, 0.3) is 10.9 Å². The quantitative estimate of drug-likeness (QED) is 0.614. The van der Waals surface area contributed by atoms with Crippen LogP contribution >= 0.6 is 0 Å². The van der Waals surface area contributed by atoms with Gasteiger partial charge in [0.15, 0.2) is 0 Å². The van der Waals surface area contributed by atoms with Crippen LogP contribution in [0, 0.1) is 10.8 Å². The van der Waals surface area contributed by atoms with Crippen molar-refractivity contribution in [1.82, 2.24) is 9.88 Å². The number of nitrogens with one attached hydrogen (secondary N) is 1. The summed E-state index contributed by atoms with van der Waals surface area (Å²) in [6, 6.07) is 14.2. The van der Waals surface area contributed by atoms with Crippen LogP contribution in [0.3, 0.4) is 0 Å². The monoisotopic (exact) mass is 418 g/mol. The lowest BCUT2D eigenvalue weighted by Crippen LogP contribution is -2.36. The second-order valence-electron chi connectivity index (χ2n) is 7.92. The van der Waals surface area contributed by atoms with Gasteiger partial charge in [-0.1, -0.05) is 30.3 Å². The maximum atomic E-state index is 12.7. The molecule has 3 N–H and O–H groups in total. The van der Waals surface area contributed by atoms with Gasteiger partial charge in [0.25, 0.3) is 11.5 Å². The SMILES string of the molecule is Cn1c(=O)c(C(=O)NCC(=O)N=O)c(N)c2cc(CC3Cc4ccccc4C3)ccc21.